The number of likely N-dealkylation sites (tertiary alicyclic amines) is 1. The summed E-state index contributed by atoms with van der Waals surface area (Å²) in [6.45, 7) is 2.57. The van der Waals surface area contributed by atoms with Gasteiger partial charge in [0.05, 0.1) is 19.1 Å². The molecule has 0 spiro atoms. The molecule has 9 nitrogen and oxygen atoms in total. The summed E-state index contributed by atoms with van der Waals surface area (Å²) in [4.78, 5) is 32.0. The number of hydrogen-bond acceptors (Lipinski definition) is 6. The number of benzene rings is 2. The summed E-state index contributed by atoms with van der Waals surface area (Å²) in [6.07, 6.45) is 0. The Bertz CT molecular complexity index is 1130. The van der Waals surface area contributed by atoms with E-state index in [0.717, 1.165) is 11.1 Å². The fourth-order valence-corrected chi connectivity index (χ4v) is 4.10. The van der Waals surface area contributed by atoms with Gasteiger partial charge in [-0.25, -0.2) is 4.98 Å². The van der Waals surface area contributed by atoms with Crippen molar-refractivity contribution in [2.75, 3.05) is 33.9 Å². The van der Waals surface area contributed by atoms with E-state index in [-0.39, 0.29) is 30.4 Å². The van der Waals surface area contributed by atoms with Crippen molar-refractivity contribution in [1.82, 2.24) is 25.4 Å². The van der Waals surface area contributed by atoms with E-state index < -0.39 is 0 Å². The maximum Gasteiger partial charge on any atom is 0.254 e. The highest BCUT2D eigenvalue weighted by Crippen LogP contribution is 2.29. The van der Waals surface area contributed by atoms with Gasteiger partial charge >= 0.3 is 0 Å². The van der Waals surface area contributed by atoms with Crippen LogP contribution in [0.1, 0.15) is 27.7 Å². The minimum absolute atomic E-state index is 0.0551. The van der Waals surface area contributed by atoms with Gasteiger partial charge in [0.1, 0.15) is 18.2 Å². The van der Waals surface area contributed by atoms with Crippen LogP contribution in [0.5, 0.6) is 5.75 Å². The zero-order valence-corrected chi connectivity index (χ0v) is 18.9. The summed E-state index contributed by atoms with van der Waals surface area (Å²) in [5.41, 5.74) is 2.31. The first kappa shape index (κ1) is 22.5. The second kappa shape index (κ2) is 9.83. The van der Waals surface area contributed by atoms with E-state index in [9.17, 15) is 9.59 Å². The molecule has 1 saturated heterocycles. The lowest BCUT2D eigenvalue weighted by Crippen LogP contribution is -2.42. The zero-order valence-electron chi connectivity index (χ0n) is 18.9. The highest BCUT2D eigenvalue weighted by molar-refractivity contribution is 5.96. The van der Waals surface area contributed by atoms with Crippen LogP contribution in [0, 0.1) is 6.92 Å². The molecule has 172 valence electrons. The maximum absolute atomic E-state index is 13.3. The van der Waals surface area contributed by atoms with E-state index in [1.54, 1.807) is 24.1 Å². The summed E-state index contributed by atoms with van der Waals surface area (Å²) < 4.78 is 10.2. The molecular formula is C24H27N5O4. The van der Waals surface area contributed by atoms with Crippen LogP contribution in [-0.2, 0) is 9.53 Å². The number of nitrogens with one attached hydrogen (secondary N) is 2. The van der Waals surface area contributed by atoms with Gasteiger partial charge in [0.2, 0.25) is 5.91 Å². The Hall–Kier alpha value is -3.72. The molecule has 4 rings (SSSR count). The molecule has 0 radical (unpaired) electrons. The number of aromatic amines is 1. The van der Waals surface area contributed by atoms with Crippen LogP contribution in [0.15, 0.2) is 48.5 Å². The van der Waals surface area contributed by atoms with Gasteiger partial charge in [-0.1, -0.05) is 30.3 Å². The standard InChI is InChI=1S/C24H27N5O4/c1-15-11-17(33-3)9-10-18(15)24(31)29-12-19(20(13-29)25-21(30)14-32-2)23-26-22(27-28-23)16-7-5-4-6-8-16/h4-11,19-20H,12-14H2,1-3H3,(H,25,30)(H,26,27,28)/t19-,20-/m1/s1. The van der Waals surface area contributed by atoms with E-state index in [2.05, 4.69) is 20.5 Å². The quantitative estimate of drug-likeness (QED) is 0.572. The molecule has 2 aromatic carbocycles. The van der Waals surface area contributed by atoms with Gasteiger partial charge in [-0.3, -0.25) is 14.7 Å². The predicted octanol–water partition coefficient (Wildman–Crippen LogP) is 2.16. The molecule has 3 aromatic rings. The van der Waals surface area contributed by atoms with E-state index >= 15 is 0 Å². The summed E-state index contributed by atoms with van der Waals surface area (Å²) in [7, 11) is 3.06. The van der Waals surface area contributed by atoms with Gasteiger partial charge in [0.15, 0.2) is 5.82 Å². The zero-order chi connectivity index (χ0) is 23.4. The highest BCUT2D eigenvalue weighted by Gasteiger charge is 2.39. The predicted molar refractivity (Wildman–Crippen MR) is 122 cm³/mol. The largest absolute Gasteiger partial charge is 0.497 e. The van der Waals surface area contributed by atoms with Crippen molar-refractivity contribution in [2.45, 2.75) is 18.9 Å². The first-order chi connectivity index (χ1) is 16.0. The van der Waals surface area contributed by atoms with E-state index in [1.807, 2.05) is 43.3 Å². The van der Waals surface area contributed by atoms with Gasteiger partial charge in [0.25, 0.3) is 5.91 Å². The van der Waals surface area contributed by atoms with Crippen LogP contribution >= 0.6 is 0 Å². The molecule has 2 atom stereocenters. The van der Waals surface area contributed by atoms with Crippen LogP contribution in [0.4, 0.5) is 0 Å². The van der Waals surface area contributed by atoms with Crippen molar-refractivity contribution < 1.29 is 19.1 Å². The van der Waals surface area contributed by atoms with Crippen molar-refractivity contribution >= 4 is 11.8 Å². The van der Waals surface area contributed by atoms with Gasteiger partial charge in [-0.2, -0.15) is 5.10 Å². The third kappa shape index (κ3) is 4.88. The molecule has 2 N–H and O–H groups in total. The number of carbonyl (C=O) groups is 2. The fourth-order valence-electron chi connectivity index (χ4n) is 4.10. The molecule has 9 heteroatoms. The van der Waals surface area contributed by atoms with Gasteiger partial charge in [-0.05, 0) is 30.7 Å². The van der Waals surface area contributed by atoms with Crippen LogP contribution in [0.3, 0.4) is 0 Å². The summed E-state index contributed by atoms with van der Waals surface area (Å²) in [5, 5.41) is 10.3. The first-order valence-electron chi connectivity index (χ1n) is 10.7. The van der Waals surface area contributed by atoms with Crippen molar-refractivity contribution in [3.05, 3.63) is 65.5 Å². The number of H-pyrrole nitrogens is 1. The number of aryl methyl sites for hydroxylation is 1. The molecule has 0 saturated carbocycles. The minimum atomic E-state index is -0.327. The smallest absolute Gasteiger partial charge is 0.254 e. The Morgan fingerprint density at radius 2 is 1.94 bits per heavy atom. The molecule has 0 aliphatic carbocycles. The molecule has 2 heterocycles. The number of amides is 2. The van der Waals surface area contributed by atoms with Crippen LogP contribution < -0.4 is 10.1 Å². The minimum Gasteiger partial charge on any atom is -0.497 e. The maximum atomic E-state index is 13.3. The number of ether oxygens (including phenoxy) is 2. The number of carbonyl (C=O) groups excluding carboxylic acids is 2. The molecular weight excluding hydrogens is 422 g/mol. The molecule has 2 amide bonds. The molecule has 1 fully saturated rings. The average Bonchev–Trinajstić information content (AvgIpc) is 3.47. The average molecular weight is 450 g/mol. The van der Waals surface area contributed by atoms with Gasteiger partial charge in [0, 0.05) is 31.3 Å². The number of nitrogens with zero attached hydrogens (tertiary/aromatic N) is 3. The van der Waals surface area contributed by atoms with Crippen molar-refractivity contribution in [3.8, 4) is 17.1 Å². The van der Waals surface area contributed by atoms with E-state index in [0.29, 0.717) is 36.1 Å². The second-order valence-electron chi connectivity index (χ2n) is 8.01. The summed E-state index contributed by atoms with van der Waals surface area (Å²) >= 11 is 0. The van der Waals surface area contributed by atoms with Crippen LogP contribution in [-0.4, -0.2) is 71.9 Å². The molecule has 0 unspecified atom stereocenters. The van der Waals surface area contributed by atoms with Crippen molar-refractivity contribution in [2.24, 2.45) is 0 Å². The molecule has 1 aliphatic heterocycles. The topological polar surface area (TPSA) is 109 Å². The Balaban J connectivity index is 1.59. The fraction of sp³-hybridized carbons (Fsp3) is 0.333. The molecule has 1 aromatic heterocycles. The third-order valence-corrected chi connectivity index (χ3v) is 5.78. The lowest BCUT2D eigenvalue weighted by atomic mass is 10.0. The normalized spacial score (nSPS) is 17.7. The van der Waals surface area contributed by atoms with Gasteiger partial charge in [-0.15, -0.1) is 0 Å². The molecule has 0 bridgehead atoms. The molecule has 33 heavy (non-hydrogen) atoms. The first-order valence-corrected chi connectivity index (χ1v) is 10.7. The SMILES string of the molecule is COCC(=O)N[C@@H]1CN(C(=O)c2ccc(OC)cc2C)C[C@H]1c1nc(-c2ccccc2)n[nH]1. The van der Waals surface area contributed by atoms with Gasteiger partial charge < -0.3 is 19.7 Å². The number of hydrogen-bond donors (Lipinski definition) is 2. The van der Waals surface area contributed by atoms with Crippen molar-refractivity contribution in [1.29, 1.82) is 0 Å². The lowest BCUT2D eigenvalue weighted by molar-refractivity contribution is -0.125. The van der Waals surface area contributed by atoms with Crippen LogP contribution in [0.25, 0.3) is 11.4 Å². The Morgan fingerprint density at radius 3 is 2.64 bits per heavy atom. The second-order valence-corrected chi connectivity index (χ2v) is 8.01. The van der Waals surface area contributed by atoms with Crippen molar-refractivity contribution in [3.63, 3.8) is 0 Å². The van der Waals surface area contributed by atoms with Crippen LogP contribution in [0.2, 0.25) is 0 Å². The Labute approximate surface area is 192 Å². The molecule has 1 aliphatic rings. The van der Waals surface area contributed by atoms with E-state index in [1.165, 1.54) is 7.11 Å². The number of methoxy groups -OCH3 is 2. The summed E-state index contributed by atoms with van der Waals surface area (Å²) in [5.74, 6) is 1.31. The summed E-state index contributed by atoms with van der Waals surface area (Å²) in [6, 6.07) is 14.7. The Morgan fingerprint density at radius 1 is 1.15 bits per heavy atom. The Kier molecular flexibility index (Phi) is 6.69. The number of aromatic nitrogens is 3. The third-order valence-electron chi connectivity index (χ3n) is 5.78. The van der Waals surface area contributed by atoms with E-state index in [4.69, 9.17) is 9.47 Å². The monoisotopic (exact) mass is 449 g/mol. The lowest BCUT2D eigenvalue weighted by Gasteiger charge is -2.18. The highest BCUT2D eigenvalue weighted by atomic mass is 16.5. The number of rotatable bonds is 7.